The highest BCUT2D eigenvalue weighted by Gasteiger charge is 2.13. The summed E-state index contributed by atoms with van der Waals surface area (Å²) in [5.41, 5.74) is 1.56. The third kappa shape index (κ3) is 3.41. The predicted molar refractivity (Wildman–Crippen MR) is 93.5 cm³/mol. The van der Waals surface area contributed by atoms with Gasteiger partial charge in [0.2, 0.25) is 0 Å². The minimum atomic E-state index is -0.396. The smallest absolute Gasteiger partial charge is 0.324 e. The molecule has 24 heavy (non-hydrogen) atoms. The molecule has 0 saturated carbocycles. The van der Waals surface area contributed by atoms with E-state index < -0.39 is 6.03 Å². The lowest BCUT2D eigenvalue weighted by atomic mass is 10.1. The maximum Gasteiger partial charge on any atom is 0.324 e. The van der Waals surface area contributed by atoms with E-state index in [9.17, 15) is 4.79 Å². The van der Waals surface area contributed by atoms with Gasteiger partial charge in [0.15, 0.2) is 0 Å². The van der Waals surface area contributed by atoms with Gasteiger partial charge < -0.3 is 9.88 Å². The van der Waals surface area contributed by atoms with Crippen LogP contribution in [0.25, 0.3) is 0 Å². The minimum absolute atomic E-state index is 0.0952. The second-order valence-corrected chi connectivity index (χ2v) is 5.75. The van der Waals surface area contributed by atoms with Crippen molar-refractivity contribution in [1.29, 1.82) is 0 Å². The number of nitrogens with one attached hydrogen (secondary N) is 3. The molecule has 2 heterocycles. The molecular weight excluding hydrogens is 328 g/mol. The molecule has 3 N–H and O–H groups in total. The van der Waals surface area contributed by atoms with Crippen molar-refractivity contribution in [2.45, 2.75) is 19.9 Å². The molecular formula is C16H17ClN6O. The van der Waals surface area contributed by atoms with Crippen LogP contribution in [0.3, 0.4) is 0 Å². The molecule has 7 nitrogen and oxygen atoms in total. The van der Waals surface area contributed by atoms with E-state index >= 15 is 0 Å². The molecule has 0 bridgehead atoms. The summed E-state index contributed by atoms with van der Waals surface area (Å²) in [6, 6.07) is 6.91. The molecule has 0 saturated heterocycles. The van der Waals surface area contributed by atoms with E-state index in [2.05, 4.69) is 37.3 Å². The van der Waals surface area contributed by atoms with Crippen LogP contribution in [0.15, 0.2) is 42.9 Å². The Kier molecular flexibility index (Phi) is 4.52. The third-order valence-electron chi connectivity index (χ3n) is 3.75. The largest absolute Gasteiger partial charge is 0.328 e. The highest BCUT2D eigenvalue weighted by molar-refractivity contribution is 6.33. The van der Waals surface area contributed by atoms with Crippen LogP contribution in [-0.4, -0.2) is 25.8 Å². The van der Waals surface area contributed by atoms with Crippen molar-refractivity contribution in [3.8, 4) is 0 Å². The molecule has 124 valence electrons. The number of H-pyrrole nitrogens is 1. The van der Waals surface area contributed by atoms with Crippen LogP contribution in [-0.2, 0) is 0 Å². The topological polar surface area (TPSA) is 87.6 Å². The molecule has 2 amide bonds. The fourth-order valence-corrected chi connectivity index (χ4v) is 2.69. The van der Waals surface area contributed by atoms with Gasteiger partial charge in [-0.3, -0.25) is 10.4 Å². The molecule has 0 aliphatic heterocycles. The van der Waals surface area contributed by atoms with E-state index in [1.165, 1.54) is 0 Å². The molecule has 1 atom stereocenters. The second-order valence-electron chi connectivity index (χ2n) is 5.35. The number of aromatic amines is 1. The van der Waals surface area contributed by atoms with Gasteiger partial charge in [0.25, 0.3) is 0 Å². The number of aromatic nitrogens is 4. The van der Waals surface area contributed by atoms with E-state index in [0.717, 1.165) is 11.4 Å². The van der Waals surface area contributed by atoms with E-state index in [1.807, 2.05) is 25.3 Å². The Labute approximate surface area is 144 Å². The third-order valence-corrected chi connectivity index (χ3v) is 4.06. The van der Waals surface area contributed by atoms with Crippen molar-refractivity contribution in [3.63, 3.8) is 0 Å². The van der Waals surface area contributed by atoms with Gasteiger partial charge in [0, 0.05) is 18.5 Å². The number of rotatable bonds is 4. The van der Waals surface area contributed by atoms with Crippen molar-refractivity contribution < 1.29 is 4.79 Å². The summed E-state index contributed by atoms with van der Waals surface area (Å²) >= 11 is 6.31. The molecule has 0 radical (unpaired) electrons. The van der Waals surface area contributed by atoms with Crippen LogP contribution in [0.4, 0.5) is 16.3 Å². The highest BCUT2D eigenvalue weighted by Crippen LogP contribution is 2.28. The summed E-state index contributed by atoms with van der Waals surface area (Å²) in [6.45, 7) is 4.02. The predicted octanol–water partition coefficient (Wildman–Crippen LogP) is 3.82. The fourth-order valence-electron chi connectivity index (χ4n) is 2.45. The number of nitrogens with zero attached hydrogens (tertiary/aromatic N) is 3. The summed E-state index contributed by atoms with van der Waals surface area (Å²) in [4.78, 5) is 16.2. The minimum Gasteiger partial charge on any atom is -0.328 e. The lowest BCUT2D eigenvalue weighted by Gasteiger charge is -2.17. The van der Waals surface area contributed by atoms with Crippen molar-refractivity contribution >= 4 is 29.1 Å². The lowest BCUT2D eigenvalue weighted by Crippen LogP contribution is -2.20. The number of aryl methyl sites for hydroxylation is 1. The van der Waals surface area contributed by atoms with Crippen molar-refractivity contribution in [2.75, 3.05) is 10.6 Å². The number of amides is 2. The van der Waals surface area contributed by atoms with Gasteiger partial charge in [-0.15, -0.1) is 0 Å². The van der Waals surface area contributed by atoms with Gasteiger partial charge >= 0.3 is 6.03 Å². The zero-order chi connectivity index (χ0) is 17.1. The summed E-state index contributed by atoms with van der Waals surface area (Å²) in [6.07, 6.45) is 5.25. The second kappa shape index (κ2) is 6.76. The van der Waals surface area contributed by atoms with Crippen molar-refractivity contribution in [2.24, 2.45) is 0 Å². The Bertz CT molecular complexity index is 842. The number of benzene rings is 1. The number of hydrogen-bond acceptors (Lipinski definition) is 3. The van der Waals surface area contributed by atoms with E-state index in [-0.39, 0.29) is 6.04 Å². The number of halogens is 1. The quantitative estimate of drug-likeness (QED) is 0.672. The fraction of sp³-hybridized carbons (Fsp3) is 0.188. The van der Waals surface area contributed by atoms with Crippen LogP contribution in [0.5, 0.6) is 0 Å². The monoisotopic (exact) mass is 344 g/mol. The average Bonchev–Trinajstić information content (AvgIpc) is 3.20. The van der Waals surface area contributed by atoms with Crippen LogP contribution < -0.4 is 10.6 Å². The van der Waals surface area contributed by atoms with Crippen molar-refractivity contribution in [3.05, 3.63) is 59.3 Å². The summed E-state index contributed by atoms with van der Waals surface area (Å²) in [5.74, 6) is 1.43. The van der Waals surface area contributed by atoms with Crippen LogP contribution in [0.2, 0.25) is 5.02 Å². The number of urea groups is 1. The Morgan fingerprint density at radius 1 is 1.29 bits per heavy atom. The molecule has 3 rings (SSSR count). The molecule has 0 unspecified atom stereocenters. The molecule has 0 spiro atoms. The lowest BCUT2D eigenvalue weighted by molar-refractivity contribution is 0.262. The zero-order valence-corrected chi connectivity index (χ0v) is 14.0. The maximum atomic E-state index is 11.9. The van der Waals surface area contributed by atoms with E-state index in [4.69, 9.17) is 11.6 Å². The number of carbonyl (C=O) groups excluding carboxylic acids is 1. The SMILES string of the molecule is Cc1nccn1[C@H](C)c1ccc(NC(=O)Nc2ccn[nH]2)c(Cl)c1. The number of carbonyl (C=O) groups is 1. The first-order valence-corrected chi connectivity index (χ1v) is 7.78. The first-order chi connectivity index (χ1) is 11.5. The van der Waals surface area contributed by atoms with Gasteiger partial charge in [-0.1, -0.05) is 17.7 Å². The number of hydrogen-bond donors (Lipinski definition) is 3. The Morgan fingerprint density at radius 3 is 2.75 bits per heavy atom. The van der Waals surface area contributed by atoms with E-state index in [1.54, 1.807) is 24.5 Å². The molecule has 2 aromatic heterocycles. The first-order valence-electron chi connectivity index (χ1n) is 7.41. The molecule has 0 fully saturated rings. The molecule has 0 aliphatic rings. The molecule has 0 aliphatic carbocycles. The van der Waals surface area contributed by atoms with Gasteiger partial charge in [-0.2, -0.15) is 5.10 Å². The van der Waals surface area contributed by atoms with Crippen LogP contribution in [0, 0.1) is 6.92 Å². The van der Waals surface area contributed by atoms with Gasteiger partial charge in [0.05, 0.1) is 22.9 Å². The number of imidazole rings is 1. The first kappa shape index (κ1) is 16.1. The van der Waals surface area contributed by atoms with Crippen LogP contribution >= 0.6 is 11.6 Å². The average molecular weight is 345 g/mol. The Hall–Kier alpha value is -2.80. The van der Waals surface area contributed by atoms with Gasteiger partial charge in [-0.25, -0.2) is 9.78 Å². The van der Waals surface area contributed by atoms with Crippen molar-refractivity contribution in [1.82, 2.24) is 19.7 Å². The Balaban J connectivity index is 1.73. The normalized spacial score (nSPS) is 12.0. The summed E-state index contributed by atoms with van der Waals surface area (Å²) in [5, 5.41) is 12.2. The standard InChI is InChI=1S/C16H17ClN6O/c1-10(23-8-7-18-11(23)2)12-3-4-14(13(17)9-12)20-16(24)21-15-5-6-19-22-15/h3-10H,1-2H3,(H3,19,20,21,22,24)/t10-/m1/s1. The van der Waals surface area contributed by atoms with E-state index in [0.29, 0.717) is 16.5 Å². The summed E-state index contributed by atoms with van der Waals surface area (Å²) < 4.78 is 2.06. The molecule has 8 heteroatoms. The summed E-state index contributed by atoms with van der Waals surface area (Å²) in [7, 11) is 0. The van der Waals surface area contributed by atoms with Gasteiger partial charge in [-0.05, 0) is 31.5 Å². The zero-order valence-electron chi connectivity index (χ0n) is 13.2. The molecule has 3 aromatic rings. The number of anilines is 2. The molecule has 1 aromatic carbocycles. The van der Waals surface area contributed by atoms with Crippen LogP contribution in [0.1, 0.15) is 24.4 Å². The Morgan fingerprint density at radius 2 is 2.12 bits per heavy atom. The highest BCUT2D eigenvalue weighted by atomic mass is 35.5. The van der Waals surface area contributed by atoms with Gasteiger partial charge in [0.1, 0.15) is 11.6 Å². The maximum absolute atomic E-state index is 11.9.